The molecular weight excluding hydrogens is 582 g/mol. The van der Waals surface area contributed by atoms with Crippen molar-refractivity contribution in [2.45, 2.75) is 42.7 Å². The number of likely N-dealkylation sites (tertiary alicyclic amines) is 2. The number of halogens is 1. The molecule has 0 aromatic carbocycles. The summed E-state index contributed by atoms with van der Waals surface area (Å²) in [5, 5.41) is 3.93. The number of amides is 3. The second kappa shape index (κ2) is 13.8. The van der Waals surface area contributed by atoms with Crippen molar-refractivity contribution in [2.24, 2.45) is 0 Å². The number of nitrogens with one attached hydrogen (secondary N) is 2. The van der Waals surface area contributed by atoms with Crippen LogP contribution in [0.2, 0.25) is 4.34 Å². The minimum Gasteiger partial charge on any atom is -0.353 e. The van der Waals surface area contributed by atoms with Gasteiger partial charge in [0.05, 0.1) is 16.6 Å². The van der Waals surface area contributed by atoms with E-state index in [2.05, 4.69) is 15.0 Å². The highest BCUT2D eigenvalue weighted by atomic mass is 35.5. The number of hydrogen-bond donors (Lipinski definition) is 2. The van der Waals surface area contributed by atoms with Crippen LogP contribution in [0, 0.1) is 0 Å². The maximum atomic E-state index is 13.1. The Morgan fingerprint density at radius 2 is 1.92 bits per heavy atom. The minimum atomic E-state index is -3.87. The van der Waals surface area contributed by atoms with Gasteiger partial charge in [-0.1, -0.05) is 11.6 Å². The van der Waals surface area contributed by atoms with Crippen LogP contribution in [0.5, 0.6) is 0 Å². The van der Waals surface area contributed by atoms with E-state index in [1.165, 1.54) is 34.1 Å². The predicted molar refractivity (Wildman–Crippen MR) is 153 cm³/mol. The van der Waals surface area contributed by atoms with Gasteiger partial charge >= 0.3 is 0 Å². The van der Waals surface area contributed by atoms with Crippen LogP contribution in [0.1, 0.15) is 30.6 Å². The van der Waals surface area contributed by atoms with E-state index >= 15 is 0 Å². The number of piperidine rings is 1. The standard InChI is InChI=1S/C25H30ClN5O5S3/c26-22-6-5-20(38-22)9-14-39(35,36)29-21-4-2-12-30(25(21)34)16-24(33)31-13-1-3-18(31)15-28-23(32)17-37-19-7-10-27-11-8-19/h5-11,14,18,21,29H,1-4,12-13,15-17H2,(H,28,32)/b14-9+. The molecule has 2 aliphatic rings. The minimum absolute atomic E-state index is 0.117. The Morgan fingerprint density at radius 1 is 1.15 bits per heavy atom. The lowest BCUT2D eigenvalue weighted by molar-refractivity contribution is -0.143. The van der Waals surface area contributed by atoms with Crippen LogP contribution >= 0.6 is 34.7 Å². The molecule has 0 aliphatic carbocycles. The number of carbonyl (C=O) groups is 3. The molecule has 10 nitrogen and oxygen atoms in total. The Balaban J connectivity index is 1.26. The topological polar surface area (TPSA) is 129 Å². The normalized spacial score (nSPS) is 20.1. The van der Waals surface area contributed by atoms with Crippen LogP contribution in [0.4, 0.5) is 0 Å². The first kappa shape index (κ1) is 29.5. The zero-order valence-electron chi connectivity index (χ0n) is 21.1. The molecule has 2 aromatic heterocycles. The highest BCUT2D eigenvalue weighted by molar-refractivity contribution is 8.00. The molecule has 2 fully saturated rings. The third-order valence-corrected chi connectivity index (χ3v) is 9.74. The molecule has 210 valence electrons. The predicted octanol–water partition coefficient (Wildman–Crippen LogP) is 2.58. The number of nitrogens with zero attached hydrogens (tertiary/aromatic N) is 3. The fourth-order valence-electron chi connectivity index (χ4n) is 4.52. The molecule has 3 amide bonds. The largest absolute Gasteiger partial charge is 0.353 e. The third-order valence-electron chi connectivity index (χ3n) is 6.42. The molecule has 0 bridgehead atoms. The van der Waals surface area contributed by atoms with Crippen LogP contribution in [-0.4, -0.2) is 84.9 Å². The number of hydrogen-bond acceptors (Lipinski definition) is 8. The summed E-state index contributed by atoms with van der Waals surface area (Å²) in [4.78, 5) is 47.2. The summed E-state index contributed by atoms with van der Waals surface area (Å²) in [7, 11) is -3.87. The number of rotatable bonds is 11. The van der Waals surface area contributed by atoms with Gasteiger partial charge in [0.1, 0.15) is 6.04 Å². The highest BCUT2D eigenvalue weighted by Crippen LogP contribution is 2.23. The summed E-state index contributed by atoms with van der Waals surface area (Å²) >= 11 is 8.54. The Bertz CT molecular complexity index is 1300. The lowest BCUT2D eigenvalue weighted by Crippen LogP contribution is -2.55. The van der Waals surface area contributed by atoms with Gasteiger partial charge in [-0.15, -0.1) is 23.1 Å². The average Bonchev–Trinajstić information content (AvgIpc) is 3.57. The first-order valence-electron chi connectivity index (χ1n) is 12.5. The van der Waals surface area contributed by atoms with Crippen LogP contribution in [0.3, 0.4) is 0 Å². The maximum Gasteiger partial charge on any atom is 0.242 e. The molecule has 2 aliphatic heterocycles. The summed E-state index contributed by atoms with van der Waals surface area (Å²) < 4.78 is 28.1. The molecule has 14 heteroatoms. The van der Waals surface area contributed by atoms with Crippen molar-refractivity contribution < 1.29 is 22.8 Å². The van der Waals surface area contributed by atoms with E-state index in [1.807, 2.05) is 12.1 Å². The quantitative estimate of drug-likeness (QED) is 0.374. The van der Waals surface area contributed by atoms with Crippen LogP contribution in [0.15, 0.2) is 47.0 Å². The van der Waals surface area contributed by atoms with Gasteiger partial charge < -0.3 is 15.1 Å². The fraction of sp³-hybridized carbons (Fsp3) is 0.440. The summed E-state index contributed by atoms with van der Waals surface area (Å²) in [6.07, 6.45) is 7.29. The number of aromatic nitrogens is 1. The van der Waals surface area contributed by atoms with E-state index in [0.29, 0.717) is 41.7 Å². The van der Waals surface area contributed by atoms with Crippen molar-refractivity contribution in [1.29, 1.82) is 0 Å². The fourth-order valence-corrected chi connectivity index (χ4v) is 7.30. The highest BCUT2D eigenvalue weighted by Gasteiger charge is 2.35. The van der Waals surface area contributed by atoms with E-state index in [9.17, 15) is 22.8 Å². The Hall–Kier alpha value is -2.45. The van der Waals surface area contributed by atoms with E-state index in [1.54, 1.807) is 29.4 Å². The maximum absolute atomic E-state index is 13.1. The first-order valence-corrected chi connectivity index (χ1v) is 16.3. The van der Waals surface area contributed by atoms with Crippen molar-refractivity contribution in [2.75, 3.05) is 31.9 Å². The van der Waals surface area contributed by atoms with Crippen molar-refractivity contribution in [3.8, 4) is 0 Å². The van der Waals surface area contributed by atoms with Crippen molar-refractivity contribution in [1.82, 2.24) is 24.8 Å². The Kier molecular flexibility index (Phi) is 10.4. The summed E-state index contributed by atoms with van der Waals surface area (Å²) in [5.41, 5.74) is 0. The molecule has 2 saturated heterocycles. The van der Waals surface area contributed by atoms with Gasteiger partial charge in [0.2, 0.25) is 27.7 Å². The van der Waals surface area contributed by atoms with Crippen LogP contribution in [-0.2, 0) is 24.4 Å². The van der Waals surface area contributed by atoms with Gasteiger partial charge in [-0.05, 0) is 56.0 Å². The molecule has 4 rings (SSSR count). The Morgan fingerprint density at radius 3 is 2.67 bits per heavy atom. The zero-order chi connectivity index (χ0) is 27.8. The monoisotopic (exact) mass is 611 g/mol. The average molecular weight is 612 g/mol. The van der Waals surface area contributed by atoms with Crippen molar-refractivity contribution in [3.63, 3.8) is 0 Å². The van der Waals surface area contributed by atoms with Crippen molar-refractivity contribution >= 4 is 68.5 Å². The molecule has 2 atom stereocenters. The molecule has 4 heterocycles. The smallest absolute Gasteiger partial charge is 0.242 e. The molecular formula is C25H30ClN5O5S3. The molecule has 0 radical (unpaired) electrons. The lowest BCUT2D eigenvalue weighted by atomic mass is 10.1. The first-order chi connectivity index (χ1) is 18.7. The number of thioether (sulfide) groups is 1. The third kappa shape index (κ3) is 8.77. The number of carbonyl (C=O) groups excluding carboxylic acids is 3. The number of thiophene rings is 1. The second-order valence-electron chi connectivity index (χ2n) is 9.22. The van der Waals surface area contributed by atoms with Crippen LogP contribution < -0.4 is 10.0 Å². The summed E-state index contributed by atoms with van der Waals surface area (Å²) in [5.74, 6) is -0.471. The molecule has 2 unspecified atom stereocenters. The van der Waals surface area contributed by atoms with Gasteiger partial charge in [0, 0.05) is 53.3 Å². The van der Waals surface area contributed by atoms with E-state index in [0.717, 1.165) is 23.1 Å². The van der Waals surface area contributed by atoms with Crippen molar-refractivity contribution in [3.05, 3.63) is 51.3 Å². The van der Waals surface area contributed by atoms with E-state index < -0.39 is 22.0 Å². The molecule has 2 N–H and O–H groups in total. The summed E-state index contributed by atoms with van der Waals surface area (Å²) in [6.45, 7) is 1.16. The second-order valence-corrected chi connectivity index (χ2v) is 13.6. The molecule has 0 spiro atoms. The van der Waals surface area contributed by atoms with Crippen LogP contribution in [0.25, 0.3) is 6.08 Å². The molecule has 0 saturated carbocycles. The van der Waals surface area contributed by atoms with E-state index in [-0.39, 0.29) is 30.2 Å². The summed E-state index contributed by atoms with van der Waals surface area (Å²) in [6, 6.07) is 5.98. The zero-order valence-corrected chi connectivity index (χ0v) is 24.3. The van der Waals surface area contributed by atoms with Gasteiger partial charge in [-0.25, -0.2) is 8.42 Å². The molecule has 39 heavy (non-hydrogen) atoms. The van der Waals surface area contributed by atoms with E-state index in [4.69, 9.17) is 11.6 Å². The van der Waals surface area contributed by atoms with Gasteiger partial charge in [0.25, 0.3) is 0 Å². The van der Waals surface area contributed by atoms with Gasteiger partial charge in [0.15, 0.2) is 0 Å². The van der Waals surface area contributed by atoms with Gasteiger partial charge in [-0.2, -0.15) is 4.72 Å². The number of pyridine rings is 1. The Labute approximate surface area is 241 Å². The molecule has 2 aromatic rings. The van der Waals surface area contributed by atoms with Gasteiger partial charge in [-0.3, -0.25) is 19.4 Å². The lowest BCUT2D eigenvalue weighted by Gasteiger charge is -2.34. The number of sulfonamides is 1. The SMILES string of the molecule is O=C(CSc1ccncc1)NCC1CCCN1C(=O)CN1CCCC(NS(=O)(=O)/C=C/c2ccc(Cl)s2)C1=O.